The molecule has 1 saturated heterocycles. The first-order valence-corrected chi connectivity index (χ1v) is 11.6. The zero-order valence-corrected chi connectivity index (χ0v) is 19.5. The van der Waals surface area contributed by atoms with Crippen LogP contribution in [0.1, 0.15) is 38.6 Å². The third-order valence-electron chi connectivity index (χ3n) is 5.92. The maximum Gasteiger partial charge on any atom is 0.246 e. The first-order valence-electron chi connectivity index (χ1n) is 11.6. The summed E-state index contributed by atoms with van der Waals surface area (Å²) in [5.74, 6) is 1.91. The summed E-state index contributed by atoms with van der Waals surface area (Å²) in [6.07, 6.45) is 10.0. The molecule has 1 unspecified atom stereocenters. The third kappa shape index (κ3) is 4.71. The number of allylic oxidation sites excluding steroid dienone is 3. The molecule has 2 N–H and O–H groups in total. The quantitative estimate of drug-likeness (QED) is 0.299. The summed E-state index contributed by atoms with van der Waals surface area (Å²) in [5.41, 5.74) is 8.54. The fourth-order valence-corrected chi connectivity index (χ4v) is 4.31. The van der Waals surface area contributed by atoms with Crippen LogP contribution in [0.25, 0.3) is 22.3 Å². The highest BCUT2D eigenvalue weighted by Gasteiger charge is 2.28. The van der Waals surface area contributed by atoms with E-state index in [-0.39, 0.29) is 11.9 Å². The van der Waals surface area contributed by atoms with Crippen LogP contribution in [-0.4, -0.2) is 43.6 Å². The molecule has 1 aliphatic heterocycles. The van der Waals surface area contributed by atoms with Crippen LogP contribution in [0, 0.1) is 0 Å². The van der Waals surface area contributed by atoms with E-state index in [1.807, 2.05) is 35.0 Å². The molecule has 3 aromatic rings. The van der Waals surface area contributed by atoms with E-state index in [0.717, 1.165) is 42.8 Å². The largest absolute Gasteiger partial charge is 0.462 e. The van der Waals surface area contributed by atoms with Crippen molar-refractivity contribution in [2.24, 2.45) is 0 Å². The van der Waals surface area contributed by atoms with Gasteiger partial charge < -0.3 is 15.4 Å². The van der Waals surface area contributed by atoms with Crippen LogP contribution in [0.2, 0.25) is 0 Å². The number of rotatable bonds is 8. The normalized spacial score (nSPS) is 16.4. The van der Waals surface area contributed by atoms with E-state index >= 15 is 0 Å². The number of carbonyl (C=O) groups excluding carboxylic acids is 1. The number of amides is 1. The molecule has 2 aromatic heterocycles. The molecule has 1 amide bonds. The highest BCUT2D eigenvalue weighted by Crippen LogP contribution is 2.34. The van der Waals surface area contributed by atoms with Gasteiger partial charge in [0.25, 0.3) is 0 Å². The van der Waals surface area contributed by atoms with Gasteiger partial charge in [-0.2, -0.15) is 5.10 Å². The molecule has 0 aliphatic carbocycles. The first kappa shape index (κ1) is 23.2. The fourth-order valence-electron chi connectivity index (χ4n) is 4.31. The second-order valence-electron chi connectivity index (χ2n) is 8.28. The number of nitrogens with two attached hydrogens (primary N) is 1. The molecule has 0 radical (unpaired) electrons. The molecule has 1 atom stereocenters. The van der Waals surface area contributed by atoms with Crippen LogP contribution >= 0.6 is 0 Å². The first-order chi connectivity index (χ1) is 16.5. The van der Waals surface area contributed by atoms with Crippen molar-refractivity contribution >= 4 is 22.8 Å². The summed E-state index contributed by atoms with van der Waals surface area (Å²) >= 11 is 0. The SMILES string of the molecule is C=C/C=C(\CCC)Oc1ccc(-c2nn(C3CCCN(C(=O)C=C)C3)c3ncnc(N)c23)cc1. The van der Waals surface area contributed by atoms with Gasteiger partial charge in [0, 0.05) is 25.1 Å². The van der Waals surface area contributed by atoms with Gasteiger partial charge in [0.15, 0.2) is 5.65 Å². The van der Waals surface area contributed by atoms with Crippen molar-refractivity contribution in [2.75, 3.05) is 18.8 Å². The van der Waals surface area contributed by atoms with E-state index in [4.69, 9.17) is 15.6 Å². The summed E-state index contributed by atoms with van der Waals surface area (Å²) in [7, 11) is 0. The van der Waals surface area contributed by atoms with Crippen LogP contribution in [-0.2, 0) is 4.79 Å². The number of likely N-dealkylation sites (tertiary alicyclic amines) is 1. The fraction of sp³-hybridized carbons (Fsp3) is 0.308. The number of hydrogen-bond donors (Lipinski definition) is 1. The van der Waals surface area contributed by atoms with Crippen molar-refractivity contribution in [2.45, 2.75) is 38.6 Å². The van der Waals surface area contributed by atoms with E-state index in [0.29, 0.717) is 35.6 Å². The number of aromatic nitrogens is 4. The molecule has 0 saturated carbocycles. The van der Waals surface area contributed by atoms with Crippen LogP contribution in [0.4, 0.5) is 5.82 Å². The molecule has 3 heterocycles. The van der Waals surface area contributed by atoms with Crippen LogP contribution in [0.3, 0.4) is 0 Å². The van der Waals surface area contributed by atoms with Gasteiger partial charge in [-0.3, -0.25) is 4.79 Å². The number of piperidine rings is 1. The Labute approximate surface area is 199 Å². The number of benzene rings is 1. The van der Waals surface area contributed by atoms with Gasteiger partial charge >= 0.3 is 0 Å². The van der Waals surface area contributed by atoms with Crippen molar-refractivity contribution in [3.8, 4) is 17.0 Å². The Morgan fingerprint density at radius 2 is 2.06 bits per heavy atom. The van der Waals surface area contributed by atoms with Crippen molar-refractivity contribution in [1.82, 2.24) is 24.6 Å². The van der Waals surface area contributed by atoms with E-state index in [1.165, 1.54) is 12.4 Å². The van der Waals surface area contributed by atoms with Gasteiger partial charge in [0.05, 0.1) is 11.4 Å². The Bertz CT molecular complexity index is 1230. The number of anilines is 1. The Hall–Kier alpha value is -3.94. The molecule has 8 nitrogen and oxygen atoms in total. The van der Waals surface area contributed by atoms with Gasteiger partial charge in [0.1, 0.15) is 29.3 Å². The molecule has 34 heavy (non-hydrogen) atoms. The Morgan fingerprint density at radius 1 is 1.26 bits per heavy atom. The minimum absolute atomic E-state index is 0.00792. The summed E-state index contributed by atoms with van der Waals surface area (Å²) < 4.78 is 7.90. The minimum atomic E-state index is -0.0703. The monoisotopic (exact) mass is 458 g/mol. The van der Waals surface area contributed by atoms with Crippen LogP contribution in [0.5, 0.6) is 5.75 Å². The van der Waals surface area contributed by atoms with Crippen molar-refractivity contribution in [3.05, 3.63) is 67.7 Å². The Morgan fingerprint density at radius 3 is 2.76 bits per heavy atom. The van der Waals surface area contributed by atoms with Gasteiger partial charge in [-0.25, -0.2) is 14.6 Å². The molecular weight excluding hydrogens is 428 g/mol. The standard InChI is InChI=1S/C26H30N6O2/c1-4-8-20(9-5-2)34-21-13-11-18(12-14-21)24-23-25(27)28-17-29-26(23)32(30-24)19-10-7-15-31(16-19)22(33)6-3/h4,6,8,11-14,17,19H,1,3,5,7,9-10,15-16H2,2H3,(H2,27,28,29)/b20-8+. The second kappa shape index (κ2) is 10.3. The number of nitrogen functional groups attached to an aromatic ring is 1. The maximum atomic E-state index is 12.2. The zero-order chi connectivity index (χ0) is 24.1. The van der Waals surface area contributed by atoms with Gasteiger partial charge in [0.2, 0.25) is 5.91 Å². The lowest BCUT2D eigenvalue weighted by molar-refractivity contribution is -0.127. The molecule has 8 heteroatoms. The predicted molar refractivity (Wildman–Crippen MR) is 134 cm³/mol. The van der Waals surface area contributed by atoms with E-state index < -0.39 is 0 Å². The van der Waals surface area contributed by atoms with Crippen molar-refractivity contribution in [1.29, 1.82) is 0 Å². The Balaban J connectivity index is 1.69. The molecule has 1 aromatic carbocycles. The molecular formula is C26H30N6O2. The smallest absolute Gasteiger partial charge is 0.246 e. The molecule has 1 fully saturated rings. The highest BCUT2D eigenvalue weighted by molar-refractivity contribution is 5.98. The maximum absolute atomic E-state index is 12.2. The average Bonchev–Trinajstić information content (AvgIpc) is 3.25. The third-order valence-corrected chi connectivity index (χ3v) is 5.92. The highest BCUT2D eigenvalue weighted by atomic mass is 16.5. The minimum Gasteiger partial charge on any atom is -0.462 e. The molecule has 0 bridgehead atoms. The second-order valence-corrected chi connectivity index (χ2v) is 8.28. The summed E-state index contributed by atoms with van der Waals surface area (Å²) in [5, 5.41) is 5.63. The van der Waals surface area contributed by atoms with E-state index in [2.05, 4.69) is 30.0 Å². The van der Waals surface area contributed by atoms with Crippen LogP contribution < -0.4 is 10.5 Å². The topological polar surface area (TPSA) is 99.2 Å². The van der Waals surface area contributed by atoms with Gasteiger partial charge in [-0.05, 0) is 55.7 Å². The molecule has 4 rings (SSSR count). The summed E-state index contributed by atoms with van der Waals surface area (Å²) in [6, 6.07) is 7.74. The van der Waals surface area contributed by atoms with E-state index in [1.54, 1.807) is 11.0 Å². The number of nitrogens with zero attached hydrogens (tertiary/aromatic N) is 5. The lowest BCUT2D eigenvalue weighted by atomic mass is 10.1. The molecule has 1 aliphatic rings. The number of fused-ring (bicyclic) bond motifs is 1. The van der Waals surface area contributed by atoms with Crippen molar-refractivity contribution < 1.29 is 9.53 Å². The Kier molecular flexibility index (Phi) is 7.06. The summed E-state index contributed by atoms with van der Waals surface area (Å²) in [6.45, 7) is 10.7. The molecule has 0 spiro atoms. The summed E-state index contributed by atoms with van der Waals surface area (Å²) in [4.78, 5) is 22.7. The zero-order valence-electron chi connectivity index (χ0n) is 19.5. The number of ether oxygens (including phenoxy) is 1. The average molecular weight is 459 g/mol. The van der Waals surface area contributed by atoms with Crippen molar-refractivity contribution in [3.63, 3.8) is 0 Å². The van der Waals surface area contributed by atoms with Gasteiger partial charge in [-0.15, -0.1) is 0 Å². The predicted octanol–water partition coefficient (Wildman–Crippen LogP) is 4.67. The lowest BCUT2D eigenvalue weighted by Crippen LogP contribution is -2.40. The van der Waals surface area contributed by atoms with Crippen LogP contribution in [0.15, 0.2) is 67.7 Å². The number of hydrogen-bond acceptors (Lipinski definition) is 6. The number of carbonyl (C=O) groups is 1. The molecule has 176 valence electrons. The van der Waals surface area contributed by atoms with E-state index in [9.17, 15) is 4.79 Å². The lowest BCUT2D eigenvalue weighted by Gasteiger charge is -2.32. The van der Waals surface area contributed by atoms with Gasteiger partial charge in [-0.1, -0.05) is 26.2 Å².